The molecule has 28 heavy (non-hydrogen) atoms. The number of nitrogens with zero attached hydrogens (tertiary/aromatic N) is 2. The number of furan rings is 1. The van der Waals surface area contributed by atoms with Crippen LogP contribution in [-0.2, 0) is 10.5 Å². The number of carbonyl (C=O) groups excluding carboxylic acids is 1. The van der Waals surface area contributed by atoms with Crippen LogP contribution in [0.5, 0.6) is 0 Å². The number of aromatic nitrogens is 2. The van der Waals surface area contributed by atoms with Crippen molar-refractivity contribution < 1.29 is 13.9 Å². The van der Waals surface area contributed by atoms with E-state index in [1.165, 1.54) is 36.5 Å². The number of nitrogens with two attached hydrogens (primary N) is 1. The zero-order valence-corrected chi connectivity index (χ0v) is 16.4. The second-order valence-electron chi connectivity index (χ2n) is 5.82. The fraction of sp³-hybridized carbons (Fsp3) is 0.105. The summed E-state index contributed by atoms with van der Waals surface area (Å²) in [7, 11) is 1.29. The van der Waals surface area contributed by atoms with E-state index in [-0.39, 0.29) is 11.3 Å². The van der Waals surface area contributed by atoms with Crippen molar-refractivity contribution in [3.63, 3.8) is 0 Å². The Morgan fingerprint density at radius 1 is 1.32 bits per heavy atom. The standard InChI is InChI=1S/C19H15N3O4S2/c1-25-18(24)15-12(7-8-26-15)9-28-19-21-16-14(17(23)22(19)20)13(10-27-16)11-5-3-2-4-6-11/h2-8,10H,9,20H2,1H3. The number of nitrogen functional groups attached to an aromatic ring is 1. The Labute approximate surface area is 167 Å². The smallest absolute Gasteiger partial charge is 0.374 e. The first-order valence-electron chi connectivity index (χ1n) is 8.22. The molecule has 0 aliphatic rings. The van der Waals surface area contributed by atoms with Gasteiger partial charge in [0.15, 0.2) is 5.16 Å². The molecule has 9 heteroatoms. The average Bonchev–Trinajstić information content (AvgIpc) is 3.36. The van der Waals surface area contributed by atoms with Crippen LogP contribution in [0, 0.1) is 0 Å². The Hall–Kier alpha value is -3.04. The Bertz CT molecular complexity index is 1210. The highest BCUT2D eigenvalue weighted by atomic mass is 32.2. The van der Waals surface area contributed by atoms with Crippen molar-refractivity contribution in [1.82, 2.24) is 9.66 Å². The van der Waals surface area contributed by atoms with Crippen LogP contribution < -0.4 is 11.4 Å². The summed E-state index contributed by atoms with van der Waals surface area (Å²) in [6.45, 7) is 0. The Kier molecular flexibility index (Phi) is 4.93. The van der Waals surface area contributed by atoms with E-state index in [1.807, 2.05) is 35.7 Å². The van der Waals surface area contributed by atoms with Crippen LogP contribution in [0.1, 0.15) is 16.1 Å². The summed E-state index contributed by atoms with van der Waals surface area (Å²) in [5.41, 5.74) is 2.08. The fourth-order valence-electron chi connectivity index (χ4n) is 2.78. The van der Waals surface area contributed by atoms with Crippen molar-refractivity contribution in [3.8, 4) is 11.1 Å². The highest BCUT2D eigenvalue weighted by Crippen LogP contribution is 2.32. The summed E-state index contributed by atoms with van der Waals surface area (Å²) >= 11 is 2.64. The van der Waals surface area contributed by atoms with Crippen molar-refractivity contribution in [2.75, 3.05) is 13.0 Å². The van der Waals surface area contributed by atoms with E-state index in [0.29, 0.717) is 26.7 Å². The van der Waals surface area contributed by atoms with Gasteiger partial charge in [0.1, 0.15) is 4.83 Å². The van der Waals surface area contributed by atoms with Crippen molar-refractivity contribution in [3.05, 3.63) is 69.7 Å². The lowest BCUT2D eigenvalue weighted by Crippen LogP contribution is -2.29. The molecule has 0 unspecified atom stereocenters. The molecule has 4 rings (SSSR count). The molecule has 4 aromatic rings. The van der Waals surface area contributed by atoms with E-state index < -0.39 is 5.97 Å². The van der Waals surface area contributed by atoms with Gasteiger partial charge in [-0.1, -0.05) is 42.1 Å². The van der Waals surface area contributed by atoms with Gasteiger partial charge in [-0.2, -0.15) is 0 Å². The number of fused-ring (bicyclic) bond motifs is 1. The molecule has 2 N–H and O–H groups in total. The van der Waals surface area contributed by atoms with E-state index in [4.69, 9.17) is 15.0 Å². The highest BCUT2D eigenvalue weighted by Gasteiger charge is 2.19. The van der Waals surface area contributed by atoms with Crippen molar-refractivity contribution in [1.29, 1.82) is 0 Å². The Morgan fingerprint density at radius 3 is 2.86 bits per heavy atom. The molecular weight excluding hydrogens is 398 g/mol. The van der Waals surface area contributed by atoms with Crippen LogP contribution in [0.2, 0.25) is 0 Å². The molecule has 0 radical (unpaired) electrons. The molecule has 1 aromatic carbocycles. The molecule has 0 amide bonds. The van der Waals surface area contributed by atoms with Crippen molar-refractivity contribution in [2.24, 2.45) is 0 Å². The zero-order valence-electron chi connectivity index (χ0n) is 14.7. The lowest BCUT2D eigenvalue weighted by molar-refractivity contribution is 0.0564. The normalized spacial score (nSPS) is 11.0. The highest BCUT2D eigenvalue weighted by molar-refractivity contribution is 7.98. The van der Waals surface area contributed by atoms with E-state index in [2.05, 4.69) is 4.98 Å². The van der Waals surface area contributed by atoms with Crippen LogP contribution >= 0.6 is 23.1 Å². The number of benzene rings is 1. The minimum absolute atomic E-state index is 0.129. The first kappa shape index (κ1) is 18.3. The SMILES string of the molecule is COC(=O)c1occc1CSc1nc2scc(-c3ccccc3)c2c(=O)n1N. The third-order valence-corrected chi connectivity index (χ3v) is 6.04. The zero-order chi connectivity index (χ0) is 19.7. The second-order valence-corrected chi connectivity index (χ2v) is 7.62. The number of esters is 1. The minimum Gasteiger partial charge on any atom is -0.463 e. The number of hydrogen-bond acceptors (Lipinski definition) is 8. The van der Waals surface area contributed by atoms with Crippen LogP contribution in [-0.4, -0.2) is 22.7 Å². The summed E-state index contributed by atoms with van der Waals surface area (Å²) in [4.78, 5) is 29.8. The van der Waals surface area contributed by atoms with Gasteiger partial charge in [-0.25, -0.2) is 14.5 Å². The van der Waals surface area contributed by atoms with E-state index in [9.17, 15) is 9.59 Å². The van der Waals surface area contributed by atoms with Gasteiger partial charge < -0.3 is 15.0 Å². The largest absolute Gasteiger partial charge is 0.463 e. The fourth-order valence-corrected chi connectivity index (χ4v) is 4.67. The van der Waals surface area contributed by atoms with E-state index in [1.54, 1.807) is 6.07 Å². The van der Waals surface area contributed by atoms with Gasteiger partial charge in [0, 0.05) is 22.3 Å². The number of thiophene rings is 1. The van der Waals surface area contributed by atoms with Crippen LogP contribution in [0.25, 0.3) is 21.3 Å². The predicted octanol–water partition coefficient (Wildman–Crippen LogP) is 3.51. The molecule has 0 aliphatic carbocycles. The van der Waals surface area contributed by atoms with Crippen LogP contribution in [0.15, 0.2) is 62.4 Å². The van der Waals surface area contributed by atoms with E-state index >= 15 is 0 Å². The predicted molar refractivity (Wildman–Crippen MR) is 109 cm³/mol. The Morgan fingerprint density at radius 2 is 2.11 bits per heavy atom. The van der Waals surface area contributed by atoms with Gasteiger partial charge in [0.25, 0.3) is 5.56 Å². The van der Waals surface area contributed by atoms with Crippen molar-refractivity contribution in [2.45, 2.75) is 10.9 Å². The molecular formula is C19H15N3O4S2. The third-order valence-electron chi connectivity index (χ3n) is 4.17. The summed E-state index contributed by atoms with van der Waals surface area (Å²) in [6, 6.07) is 11.3. The number of hydrogen-bond donors (Lipinski definition) is 1. The van der Waals surface area contributed by atoms with Gasteiger partial charge in [0.2, 0.25) is 5.76 Å². The van der Waals surface area contributed by atoms with Gasteiger partial charge in [0.05, 0.1) is 18.8 Å². The number of carbonyl (C=O) groups is 1. The third kappa shape index (κ3) is 3.19. The topological polar surface area (TPSA) is 100 Å². The molecule has 0 bridgehead atoms. The molecule has 3 aromatic heterocycles. The molecule has 0 atom stereocenters. The quantitative estimate of drug-likeness (QED) is 0.231. The maximum absolute atomic E-state index is 12.9. The second kappa shape index (κ2) is 7.53. The number of thioether (sulfide) groups is 1. The number of ether oxygens (including phenoxy) is 1. The van der Waals surface area contributed by atoms with Crippen LogP contribution in [0.4, 0.5) is 0 Å². The first-order valence-corrected chi connectivity index (χ1v) is 10.1. The maximum Gasteiger partial charge on any atom is 0.374 e. The van der Waals surface area contributed by atoms with Crippen LogP contribution in [0.3, 0.4) is 0 Å². The number of methoxy groups -OCH3 is 1. The summed E-state index contributed by atoms with van der Waals surface area (Å²) in [5.74, 6) is 5.96. The van der Waals surface area contributed by atoms with Crippen molar-refractivity contribution >= 4 is 39.3 Å². The Balaban J connectivity index is 1.69. The maximum atomic E-state index is 12.9. The molecule has 0 saturated carbocycles. The molecule has 0 fully saturated rings. The lowest BCUT2D eigenvalue weighted by atomic mass is 10.1. The molecule has 0 aliphatic heterocycles. The molecule has 142 valence electrons. The summed E-state index contributed by atoms with van der Waals surface area (Å²) in [5, 5.41) is 2.77. The first-order chi connectivity index (χ1) is 13.6. The molecule has 3 heterocycles. The van der Waals surface area contributed by atoms with Gasteiger partial charge >= 0.3 is 5.97 Å². The summed E-state index contributed by atoms with van der Waals surface area (Å²) < 4.78 is 10.9. The molecule has 0 saturated heterocycles. The lowest BCUT2D eigenvalue weighted by Gasteiger charge is -2.07. The molecule has 0 spiro atoms. The monoisotopic (exact) mass is 413 g/mol. The van der Waals surface area contributed by atoms with Gasteiger partial charge in [-0.3, -0.25) is 4.79 Å². The minimum atomic E-state index is -0.556. The average molecular weight is 413 g/mol. The summed E-state index contributed by atoms with van der Waals surface area (Å²) in [6.07, 6.45) is 1.42. The number of rotatable bonds is 5. The van der Waals surface area contributed by atoms with E-state index in [0.717, 1.165) is 15.8 Å². The van der Waals surface area contributed by atoms with Gasteiger partial charge in [-0.15, -0.1) is 11.3 Å². The van der Waals surface area contributed by atoms with Gasteiger partial charge in [-0.05, 0) is 11.6 Å². The molecule has 7 nitrogen and oxygen atoms in total.